The molecule has 10 nitrogen and oxygen atoms in total. The van der Waals surface area contributed by atoms with Crippen LogP contribution in [-0.2, 0) is 6.73 Å². The molecule has 0 saturated heterocycles. The molecule has 0 bridgehead atoms. The number of halogens is 1. The summed E-state index contributed by atoms with van der Waals surface area (Å²) >= 11 is 6.16. The van der Waals surface area contributed by atoms with E-state index >= 15 is 0 Å². The minimum Gasteiger partial charge on any atom is -0.471 e. The molecule has 0 radical (unpaired) electrons. The zero-order valence-corrected chi connectivity index (χ0v) is 18.7. The number of aromatic nitrogens is 2. The van der Waals surface area contributed by atoms with Gasteiger partial charge in [0.05, 0.1) is 17.6 Å². The number of amides is 1. The van der Waals surface area contributed by atoms with Crippen LogP contribution in [0.2, 0.25) is 5.02 Å². The molecule has 174 valence electrons. The number of carbonyl (C=O) groups excluding carboxylic acids is 1. The highest BCUT2D eigenvalue weighted by atomic mass is 35.5. The summed E-state index contributed by atoms with van der Waals surface area (Å²) < 4.78 is 7.13. The number of rotatable bonds is 9. The van der Waals surface area contributed by atoms with E-state index in [1.54, 1.807) is 18.3 Å². The Bertz CT molecular complexity index is 1130. The molecular formula is C22H23ClN4O6. The van der Waals surface area contributed by atoms with E-state index in [0.29, 0.717) is 16.3 Å². The van der Waals surface area contributed by atoms with Gasteiger partial charge in [-0.05, 0) is 60.9 Å². The maximum Gasteiger partial charge on any atom is 0.272 e. The summed E-state index contributed by atoms with van der Waals surface area (Å²) in [4.78, 5) is 22.8. The van der Waals surface area contributed by atoms with Gasteiger partial charge in [0.15, 0.2) is 6.73 Å². The van der Waals surface area contributed by atoms with Crippen LogP contribution in [0.15, 0.2) is 48.7 Å². The highest BCUT2D eigenvalue weighted by Gasteiger charge is 2.24. The molecule has 0 aliphatic heterocycles. The van der Waals surface area contributed by atoms with Crippen molar-refractivity contribution in [2.45, 2.75) is 32.7 Å². The Morgan fingerprint density at radius 3 is 2.45 bits per heavy atom. The molecule has 1 heterocycles. The van der Waals surface area contributed by atoms with Crippen molar-refractivity contribution < 1.29 is 24.7 Å². The van der Waals surface area contributed by atoms with Crippen LogP contribution in [0.1, 0.15) is 33.3 Å². The van der Waals surface area contributed by atoms with Gasteiger partial charge < -0.3 is 20.3 Å². The van der Waals surface area contributed by atoms with E-state index in [-0.39, 0.29) is 18.1 Å². The molecular weight excluding hydrogens is 452 g/mol. The number of aliphatic hydroxyl groups excluding tert-OH is 2. The molecule has 0 aliphatic carbocycles. The molecule has 2 unspecified atom stereocenters. The lowest BCUT2D eigenvalue weighted by molar-refractivity contribution is -0.384. The van der Waals surface area contributed by atoms with E-state index in [1.165, 1.54) is 35.0 Å². The topological polar surface area (TPSA) is 140 Å². The zero-order valence-electron chi connectivity index (χ0n) is 17.9. The van der Waals surface area contributed by atoms with Crippen molar-refractivity contribution in [1.82, 2.24) is 15.1 Å². The fourth-order valence-corrected chi connectivity index (χ4v) is 3.29. The average Bonchev–Trinajstić information content (AvgIpc) is 3.28. The highest BCUT2D eigenvalue weighted by molar-refractivity contribution is 6.32. The Kier molecular flexibility index (Phi) is 7.64. The van der Waals surface area contributed by atoms with Gasteiger partial charge in [0, 0.05) is 23.4 Å². The van der Waals surface area contributed by atoms with Crippen molar-refractivity contribution in [3.05, 3.63) is 86.2 Å². The Hall–Kier alpha value is -3.47. The second-order valence-corrected chi connectivity index (χ2v) is 7.82. The van der Waals surface area contributed by atoms with Gasteiger partial charge in [-0.1, -0.05) is 11.6 Å². The molecule has 11 heteroatoms. The van der Waals surface area contributed by atoms with Gasteiger partial charge in [0.25, 0.3) is 11.6 Å². The molecule has 0 aliphatic rings. The lowest BCUT2D eigenvalue weighted by Crippen LogP contribution is -2.42. The van der Waals surface area contributed by atoms with Crippen LogP contribution in [0.4, 0.5) is 5.69 Å². The molecule has 3 aromatic rings. The molecule has 3 N–H and O–H groups in total. The first-order valence-electron chi connectivity index (χ1n) is 9.96. The fourth-order valence-electron chi connectivity index (χ4n) is 3.18. The van der Waals surface area contributed by atoms with Gasteiger partial charge in [-0.25, -0.2) is 4.68 Å². The van der Waals surface area contributed by atoms with Gasteiger partial charge in [-0.15, -0.1) is 0 Å². The Labute approximate surface area is 194 Å². The number of nitro benzene ring substituents is 1. The Morgan fingerprint density at radius 2 is 1.88 bits per heavy atom. The number of benzene rings is 2. The average molecular weight is 475 g/mol. The van der Waals surface area contributed by atoms with E-state index < -0.39 is 29.6 Å². The van der Waals surface area contributed by atoms with Gasteiger partial charge in [-0.3, -0.25) is 14.9 Å². The van der Waals surface area contributed by atoms with Crippen molar-refractivity contribution in [2.75, 3.05) is 6.61 Å². The number of aliphatic hydroxyl groups is 2. The number of nitrogens with one attached hydrogen (secondary N) is 1. The third kappa shape index (κ3) is 5.86. The summed E-state index contributed by atoms with van der Waals surface area (Å²) in [5.74, 6) is 0.00871. The Balaban J connectivity index is 1.62. The highest BCUT2D eigenvalue weighted by Crippen LogP contribution is 2.26. The van der Waals surface area contributed by atoms with Gasteiger partial charge in [0.1, 0.15) is 17.5 Å². The number of ether oxygens (including phenoxy) is 1. The number of non-ortho nitro benzene ring substituents is 1. The van der Waals surface area contributed by atoms with E-state index in [2.05, 4.69) is 10.4 Å². The van der Waals surface area contributed by atoms with Crippen molar-refractivity contribution in [3.8, 4) is 5.75 Å². The predicted molar refractivity (Wildman–Crippen MR) is 120 cm³/mol. The van der Waals surface area contributed by atoms with Crippen molar-refractivity contribution >= 4 is 23.2 Å². The first-order valence-corrected chi connectivity index (χ1v) is 10.3. The first kappa shape index (κ1) is 24.2. The Morgan fingerprint density at radius 1 is 1.24 bits per heavy atom. The standard InChI is InChI=1S/C22H23ClN4O6/c1-13-9-17(10-14(2)20(13)23)33-12-26-8-7-18(25-26)22(30)24-19(11-28)21(29)15-3-5-16(6-4-15)27(31)32/h3-10,19,21,28-29H,11-12H2,1-2H3,(H,24,30). The summed E-state index contributed by atoms with van der Waals surface area (Å²) in [6.45, 7) is 3.26. The summed E-state index contributed by atoms with van der Waals surface area (Å²) in [7, 11) is 0. The first-order chi connectivity index (χ1) is 15.7. The molecule has 0 fully saturated rings. The van der Waals surface area contributed by atoms with E-state index in [1.807, 2.05) is 13.8 Å². The minimum atomic E-state index is -1.28. The van der Waals surface area contributed by atoms with Gasteiger partial charge in [0.2, 0.25) is 0 Å². The van der Waals surface area contributed by atoms with Crippen molar-refractivity contribution in [1.29, 1.82) is 0 Å². The molecule has 2 aromatic carbocycles. The van der Waals surface area contributed by atoms with E-state index in [0.717, 1.165) is 11.1 Å². The molecule has 1 aromatic heterocycles. The number of carbonyl (C=O) groups is 1. The van der Waals surface area contributed by atoms with Gasteiger partial charge >= 0.3 is 0 Å². The summed E-state index contributed by atoms with van der Waals surface area (Å²) in [6.07, 6.45) is 0.284. The van der Waals surface area contributed by atoms with Crippen LogP contribution in [0, 0.1) is 24.0 Å². The third-order valence-corrected chi connectivity index (χ3v) is 5.58. The van der Waals surface area contributed by atoms with E-state index in [9.17, 15) is 25.1 Å². The van der Waals surface area contributed by atoms with Crippen LogP contribution in [0.3, 0.4) is 0 Å². The number of hydrogen-bond acceptors (Lipinski definition) is 7. The molecule has 0 saturated carbocycles. The molecule has 3 rings (SSSR count). The SMILES string of the molecule is Cc1cc(OCn2ccc(C(=O)NC(CO)C(O)c3ccc([N+](=O)[O-])cc3)n2)cc(C)c1Cl. The second kappa shape index (κ2) is 10.4. The second-order valence-electron chi connectivity index (χ2n) is 7.44. The smallest absolute Gasteiger partial charge is 0.272 e. The number of nitrogens with zero attached hydrogens (tertiary/aromatic N) is 3. The summed E-state index contributed by atoms with van der Waals surface area (Å²) in [6, 6.07) is 9.24. The molecule has 0 spiro atoms. The number of aryl methyl sites for hydroxylation is 2. The summed E-state index contributed by atoms with van der Waals surface area (Å²) in [5.41, 5.74) is 2.01. The summed E-state index contributed by atoms with van der Waals surface area (Å²) in [5, 5.41) is 38.2. The minimum absolute atomic E-state index is 0.0582. The van der Waals surface area contributed by atoms with Crippen molar-refractivity contribution in [2.24, 2.45) is 0 Å². The molecule has 2 atom stereocenters. The quantitative estimate of drug-likeness (QED) is 0.320. The molecule has 33 heavy (non-hydrogen) atoms. The third-order valence-electron chi connectivity index (χ3n) is 4.99. The van der Waals surface area contributed by atoms with Crippen molar-refractivity contribution in [3.63, 3.8) is 0 Å². The number of nitro groups is 1. The molecule has 1 amide bonds. The lowest BCUT2D eigenvalue weighted by atomic mass is 10.0. The van der Waals surface area contributed by atoms with Crippen LogP contribution >= 0.6 is 11.6 Å². The predicted octanol–water partition coefficient (Wildman–Crippen LogP) is 2.92. The van der Waals surface area contributed by atoms with Crippen LogP contribution in [0.25, 0.3) is 0 Å². The van der Waals surface area contributed by atoms with E-state index in [4.69, 9.17) is 16.3 Å². The fraction of sp³-hybridized carbons (Fsp3) is 0.273. The van der Waals surface area contributed by atoms with Crippen LogP contribution in [-0.4, -0.2) is 43.5 Å². The lowest BCUT2D eigenvalue weighted by Gasteiger charge is -2.22. The maximum absolute atomic E-state index is 12.6. The maximum atomic E-state index is 12.6. The van der Waals surface area contributed by atoms with Crippen LogP contribution in [0.5, 0.6) is 5.75 Å². The number of hydrogen-bond donors (Lipinski definition) is 3. The zero-order chi connectivity index (χ0) is 24.1. The monoisotopic (exact) mass is 474 g/mol. The normalized spacial score (nSPS) is 12.8. The largest absolute Gasteiger partial charge is 0.471 e. The van der Waals surface area contributed by atoms with Gasteiger partial charge in [-0.2, -0.15) is 5.10 Å². The van der Waals surface area contributed by atoms with Crippen LogP contribution < -0.4 is 10.1 Å².